The number of ketones is 1. The third kappa shape index (κ3) is 5.69. The number of carbonyl (C=O) groups excluding carboxylic acids is 2. The van der Waals surface area contributed by atoms with Crippen LogP contribution >= 0.6 is 0 Å². The molecule has 6 heteroatoms. The standard InChI is InChI=1S/C28H29FN2O3/c1-20-17-31(21(2)16-30(20)18-22-8-12-25(29)13-9-22)27(32)19-34-26-14-10-24(11-15-26)28(33)23-6-4-3-5-7-23/h3-15,20-21H,16-19H2,1-2H3/t20-,21+/m1/s1. The van der Waals surface area contributed by atoms with Crippen LogP contribution in [0.1, 0.15) is 35.3 Å². The Morgan fingerprint density at radius 1 is 0.853 bits per heavy atom. The lowest BCUT2D eigenvalue weighted by Crippen LogP contribution is -2.58. The van der Waals surface area contributed by atoms with Crippen molar-refractivity contribution in [3.05, 3.63) is 101 Å². The summed E-state index contributed by atoms with van der Waals surface area (Å²) in [5.74, 6) is 0.196. The van der Waals surface area contributed by atoms with Gasteiger partial charge in [0.1, 0.15) is 11.6 Å². The number of amides is 1. The van der Waals surface area contributed by atoms with Gasteiger partial charge < -0.3 is 9.64 Å². The molecule has 0 N–H and O–H groups in total. The topological polar surface area (TPSA) is 49.9 Å². The van der Waals surface area contributed by atoms with Gasteiger partial charge in [0.2, 0.25) is 0 Å². The molecule has 1 saturated heterocycles. The molecule has 34 heavy (non-hydrogen) atoms. The van der Waals surface area contributed by atoms with E-state index in [2.05, 4.69) is 11.8 Å². The summed E-state index contributed by atoms with van der Waals surface area (Å²) in [5, 5.41) is 0. The minimum absolute atomic E-state index is 0.0404. The molecule has 0 unspecified atom stereocenters. The van der Waals surface area contributed by atoms with Crippen molar-refractivity contribution in [1.29, 1.82) is 0 Å². The third-order valence-electron chi connectivity index (χ3n) is 6.25. The Kier molecular flexibility index (Phi) is 7.38. The number of ether oxygens (including phenoxy) is 1. The maximum atomic E-state index is 13.2. The molecule has 0 aliphatic carbocycles. The van der Waals surface area contributed by atoms with Crippen LogP contribution in [0.2, 0.25) is 0 Å². The highest BCUT2D eigenvalue weighted by atomic mass is 19.1. The number of hydrogen-bond acceptors (Lipinski definition) is 4. The molecule has 5 nitrogen and oxygen atoms in total. The van der Waals surface area contributed by atoms with Gasteiger partial charge >= 0.3 is 0 Å². The van der Waals surface area contributed by atoms with Gasteiger partial charge in [0, 0.05) is 42.8 Å². The zero-order valence-electron chi connectivity index (χ0n) is 19.5. The summed E-state index contributed by atoms with van der Waals surface area (Å²) in [4.78, 5) is 29.6. The van der Waals surface area contributed by atoms with E-state index in [-0.39, 0.29) is 36.2 Å². The van der Waals surface area contributed by atoms with Gasteiger partial charge in [0.05, 0.1) is 0 Å². The average Bonchev–Trinajstić information content (AvgIpc) is 2.86. The molecular formula is C28H29FN2O3. The Morgan fingerprint density at radius 3 is 2.18 bits per heavy atom. The van der Waals surface area contributed by atoms with Crippen LogP contribution in [0.25, 0.3) is 0 Å². The predicted octanol–water partition coefficient (Wildman–Crippen LogP) is 4.56. The Hall–Kier alpha value is -3.51. The number of piperazine rings is 1. The van der Waals surface area contributed by atoms with Crippen LogP contribution in [0, 0.1) is 5.82 Å². The second-order valence-electron chi connectivity index (χ2n) is 8.81. The van der Waals surface area contributed by atoms with E-state index < -0.39 is 0 Å². The fraction of sp³-hybridized carbons (Fsp3) is 0.286. The number of carbonyl (C=O) groups is 2. The lowest BCUT2D eigenvalue weighted by Gasteiger charge is -2.44. The molecule has 0 bridgehead atoms. The summed E-state index contributed by atoms with van der Waals surface area (Å²) in [5.41, 5.74) is 2.26. The van der Waals surface area contributed by atoms with Crippen LogP contribution in [0.3, 0.4) is 0 Å². The van der Waals surface area contributed by atoms with Gasteiger partial charge in [-0.2, -0.15) is 0 Å². The smallest absolute Gasteiger partial charge is 0.260 e. The van der Waals surface area contributed by atoms with E-state index >= 15 is 0 Å². The largest absolute Gasteiger partial charge is 0.484 e. The highest BCUT2D eigenvalue weighted by Crippen LogP contribution is 2.20. The lowest BCUT2D eigenvalue weighted by molar-refractivity contribution is -0.139. The van der Waals surface area contributed by atoms with E-state index in [1.807, 2.05) is 30.0 Å². The first-order valence-corrected chi connectivity index (χ1v) is 11.5. The van der Waals surface area contributed by atoms with E-state index in [4.69, 9.17) is 4.74 Å². The predicted molar refractivity (Wildman–Crippen MR) is 129 cm³/mol. The molecular weight excluding hydrogens is 431 g/mol. The van der Waals surface area contributed by atoms with Crippen molar-refractivity contribution in [3.63, 3.8) is 0 Å². The number of benzene rings is 3. The molecule has 3 aromatic rings. The third-order valence-corrected chi connectivity index (χ3v) is 6.25. The molecule has 0 saturated carbocycles. The summed E-state index contributed by atoms with van der Waals surface area (Å²) in [6.45, 7) is 6.14. The molecule has 1 fully saturated rings. The van der Waals surface area contributed by atoms with E-state index in [0.717, 1.165) is 18.7 Å². The van der Waals surface area contributed by atoms with Crippen molar-refractivity contribution < 1.29 is 18.7 Å². The van der Waals surface area contributed by atoms with Gasteiger partial charge in [-0.1, -0.05) is 42.5 Å². The minimum atomic E-state index is -0.238. The average molecular weight is 461 g/mol. The van der Waals surface area contributed by atoms with Crippen molar-refractivity contribution in [2.24, 2.45) is 0 Å². The summed E-state index contributed by atoms with van der Waals surface area (Å²) < 4.78 is 18.9. The lowest BCUT2D eigenvalue weighted by atomic mass is 10.0. The van der Waals surface area contributed by atoms with Crippen LogP contribution < -0.4 is 4.74 Å². The van der Waals surface area contributed by atoms with Crippen molar-refractivity contribution in [2.45, 2.75) is 32.5 Å². The van der Waals surface area contributed by atoms with Crippen LogP contribution in [-0.4, -0.2) is 53.3 Å². The monoisotopic (exact) mass is 460 g/mol. The van der Waals surface area contributed by atoms with Crippen LogP contribution in [-0.2, 0) is 11.3 Å². The van der Waals surface area contributed by atoms with Crippen LogP contribution in [0.15, 0.2) is 78.9 Å². The summed E-state index contributed by atoms with van der Waals surface area (Å²) in [6, 6.07) is 22.8. The van der Waals surface area contributed by atoms with Crippen LogP contribution in [0.5, 0.6) is 5.75 Å². The SMILES string of the molecule is C[C@@H]1CN(C(=O)COc2ccc(C(=O)c3ccccc3)cc2)[C@@H](C)CN1Cc1ccc(F)cc1. The highest BCUT2D eigenvalue weighted by molar-refractivity contribution is 6.08. The maximum absolute atomic E-state index is 13.2. The Labute approximate surface area is 199 Å². The fourth-order valence-electron chi connectivity index (χ4n) is 4.28. The highest BCUT2D eigenvalue weighted by Gasteiger charge is 2.32. The first-order valence-electron chi connectivity index (χ1n) is 11.5. The zero-order chi connectivity index (χ0) is 24.1. The number of rotatable bonds is 7. The van der Waals surface area contributed by atoms with Gasteiger partial charge in [0.25, 0.3) is 5.91 Å². The van der Waals surface area contributed by atoms with E-state index in [1.165, 1.54) is 12.1 Å². The number of hydrogen-bond donors (Lipinski definition) is 0. The quantitative estimate of drug-likeness (QED) is 0.485. The zero-order valence-corrected chi connectivity index (χ0v) is 19.5. The molecule has 176 valence electrons. The summed E-state index contributed by atoms with van der Waals surface area (Å²) in [6.07, 6.45) is 0. The molecule has 1 amide bonds. The molecule has 0 aromatic heterocycles. The van der Waals surface area contributed by atoms with Gasteiger partial charge in [-0.25, -0.2) is 4.39 Å². The molecule has 3 aromatic carbocycles. The van der Waals surface area contributed by atoms with Crippen molar-refractivity contribution in [3.8, 4) is 5.75 Å². The van der Waals surface area contributed by atoms with E-state index in [9.17, 15) is 14.0 Å². The fourth-order valence-corrected chi connectivity index (χ4v) is 4.28. The molecule has 1 heterocycles. The molecule has 1 aliphatic heterocycles. The van der Waals surface area contributed by atoms with Crippen LogP contribution in [0.4, 0.5) is 4.39 Å². The first kappa shape index (κ1) is 23.6. The second-order valence-corrected chi connectivity index (χ2v) is 8.81. The maximum Gasteiger partial charge on any atom is 0.260 e. The summed E-state index contributed by atoms with van der Waals surface area (Å²) in [7, 11) is 0. The van der Waals surface area contributed by atoms with Gasteiger partial charge in [-0.3, -0.25) is 14.5 Å². The number of nitrogens with zero attached hydrogens (tertiary/aromatic N) is 2. The molecule has 0 spiro atoms. The molecule has 1 aliphatic rings. The molecule has 2 atom stereocenters. The minimum Gasteiger partial charge on any atom is -0.484 e. The molecule has 0 radical (unpaired) electrons. The van der Waals surface area contributed by atoms with Crippen molar-refractivity contribution in [1.82, 2.24) is 9.80 Å². The Morgan fingerprint density at radius 2 is 1.50 bits per heavy atom. The second kappa shape index (κ2) is 10.6. The van der Waals surface area contributed by atoms with E-state index in [0.29, 0.717) is 23.4 Å². The van der Waals surface area contributed by atoms with Gasteiger partial charge in [-0.15, -0.1) is 0 Å². The summed E-state index contributed by atoms with van der Waals surface area (Å²) >= 11 is 0. The first-order chi connectivity index (χ1) is 16.4. The normalized spacial score (nSPS) is 18.5. The molecule has 4 rings (SSSR count). The Balaban J connectivity index is 1.30. The Bertz CT molecular complexity index is 1120. The number of halogens is 1. The van der Waals surface area contributed by atoms with Gasteiger partial charge in [-0.05, 0) is 55.8 Å². The van der Waals surface area contributed by atoms with E-state index in [1.54, 1.807) is 48.5 Å². The van der Waals surface area contributed by atoms with Crippen molar-refractivity contribution in [2.75, 3.05) is 19.7 Å². The van der Waals surface area contributed by atoms with Gasteiger partial charge in [0.15, 0.2) is 12.4 Å². The van der Waals surface area contributed by atoms with Crippen molar-refractivity contribution >= 4 is 11.7 Å².